The minimum atomic E-state index is -4.39. The van der Waals surface area contributed by atoms with Crippen LogP contribution in [0.5, 0.6) is 5.75 Å². The third-order valence-electron chi connectivity index (χ3n) is 2.99. The fourth-order valence-electron chi connectivity index (χ4n) is 1.81. The Morgan fingerprint density at radius 1 is 0.880 bits per heavy atom. The lowest BCUT2D eigenvalue weighted by Gasteiger charge is -2.09. The van der Waals surface area contributed by atoms with Crippen molar-refractivity contribution in [1.29, 1.82) is 0 Å². The van der Waals surface area contributed by atoms with Gasteiger partial charge in [-0.1, -0.05) is 0 Å². The summed E-state index contributed by atoms with van der Waals surface area (Å²) in [5.74, 6) is -0.608. The number of alkyl halides is 3. The minimum absolute atomic E-state index is 0.0358. The second-order valence-electron chi connectivity index (χ2n) is 4.71. The Morgan fingerprint density at radius 2 is 1.32 bits per heavy atom. The van der Waals surface area contributed by atoms with E-state index < -0.39 is 17.3 Å². The van der Waals surface area contributed by atoms with Crippen molar-refractivity contribution in [1.82, 2.24) is 10.9 Å². The molecule has 0 unspecified atom stereocenters. The summed E-state index contributed by atoms with van der Waals surface area (Å²) in [6.07, 6.45) is 0. The number of hydrogen-bond donors (Lipinski definition) is 2. The highest BCUT2D eigenvalue weighted by atomic mass is 32.2. The minimum Gasteiger partial charge on any atom is -0.497 e. The zero-order valence-electron chi connectivity index (χ0n) is 12.9. The van der Waals surface area contributed by atoms with Gasteiger partial charge in [0.2, 0.25) is 0 Å². The highest BCUT2D eigenvalue weighted by Crippen LogP contribution is 2.36. The van der Waals surface area contributed by atoms with Crippen LogP contribution in [-0.2, 0) is 0 Å². The molecule has 0 fully saturated rings. The maximum atomic E-state index is 12.2. The molecule has 0 saturated heterocycles. The lowest BCUT2D eigenvalue weighted by molar-refractivity contribution is -0.0328. The van der Waals surface area contributed by atoms with Gasteiger partial charge in [-0.3, -0.25) is 20.4 Å². The molecule has 0 aromatic heterocycles. The standard InChI is InChI=1S/C16H13F3N2O3S/c1-24-12-6-2-10(3-7-12)14(22)20-21-15(23)11-4-8-13(9-5-11)25-16(17,18)19/h2-9H,1H3,(H,20,22)(H,21,23). The van der Waals surface area contributed by atoms with E-state index in [4.69, 9.17) is 4.74 Å². The van der Waals surface area contributed by atoms with Gasteiger partial charge in [-0.25, -0.2) is 0 Å². The third-order valence-corrected chi connectivity index (χ3v) is 3.73. The second-order valence-corrected chi connectivity index (χ2v) is 5.85. The van der Waals surface area contributed by atoms with Crippen LogP contribution < -0.4 is 15.6 Å². The molecule has 2 aromatic rings. The van der Waals surface area contributed by atoms with Crippen LogP contribution in [0.4, 0.5) is 13.2 Å². The van der Waals surface area contributed by atoms with Crippen LogP contribution in [0.2, 0.25) is 0 Å². The summed E-state index contributed by atoms with van der Waals surface area (Å²) in [5.41, 5.74) is 0.441. The zero-order valence-corrected chi connectivity index (χ0v) is 13.7. The molecule has 2 rings (SSSR count). The normalized spacial score (nSPS) is 10.9. The number of hydrazine groups is 1. The van der Waals surface area contributed by atoms with Crippen LogP contribution >= 0.6 is 11.8 Å². The van der Waals surface area contributed by atoms with Crippen molar-refractivity contribution in [2.45, 2.75) is 10.4 Å². The highest BCUT2D eigenvalue weighted by Gasteiger charge is 2.29. The molecule has 5 nitrogen and oxygen atoms in total. The summed E-state index contributed by atoms with van der Waals surface area (Å²) in [4.78, 5) is 23.8. The number of amides is 2. The summed E-state index contributed by atoms with van der Waals surface area (Å²) in [6.45, 7) is 0. The molecule has 0 aliphatic rings. The molecule has 2 aromatic carbocycles. The van der Waals surface area contributed by atoms with Crippen molar-refractivity contribution in [2.24, 2.45) is 0 Å². The van der Waals surface area contributed by atoms with E-state index >= 15 is 0 Å². The number of rotatable bonds is 4. The van der Waals surface area contributed by atoms with Gasteiger partial charge in [-0.05, 0) is 60.3 Å². The maximum absolute atomic E-state index is 12.2. The average Bonchev–Trinajstić information content (AvgIpc) is 2.58. The predicted octanol–water partition coefficient (Wildman–Crippen LogP) is 3.38. The van der Waals surface area contributed by atoms with E-state index in [1.165, 1.54) is 43.5 Å². The highest BCUT2D eigenvalue weighted by molar-refractivity contribution is 8.00. The molecular formula is C16H13F3N2O3S. The maximum Gasteiger partial charge on any atom is 0.446 e. The van der Waals surface area contributed by atoms with Gasteiger partial charge in [0.1, 0.15) is 5.75 Å². The van der Waals surface area contributed by atoms with Crippen molar-refractivity contribution in [2.75, 3.05) is 7.11 Å². The molecule has 0 radical (unpaired) electrons. The topological polar surface area (TPSA) is 67.4 Å². The van der Waals surface area contributed by atoms with Crippen LogP contribution in [0.3, 0.4) is 0 Å². The molecule has 9 heteroatoms. The Kier molecular flexibility index (Phi) is 5.92. The predicted molar refractivity (Wildman–Crippen MR) is 86.3 cm³/mol. The fraction of sp³-hybridized carbons (Fsp3) is 0.125. The van der Waals surface area contributed by atoms with Crippen LogP contribution in [0.15, 0.2) is 53.4 Å². The summed E-state index contributed by atoms with van der Waals surface area (Å²) in [7, 11) is 1.49. The Balaban J connectivity index is 1.91. The zero-order chi connectivity index (χ0) is 18.4. The summed E-state index contributed by atoms with van der Waals surface area (Å²) >= 11 is -0.272. The van der Waals surface area contributed by atoms with Crippen molar-refractivity contribution in [3.8, 4) is 5.75 Å². The lowest BCUT2D eigenvalue weighted by atomic mass is 10.2. The molecule has 0 spiro atoms. The first-order valence-electron chi connectivity index (χ1n) is 6.89. The summed E-state index contributed by atoms with van der Waals surface area (Å²) < 4.78 is 41.7. The van der Waals surface area contributed by atoms with Gasteiger partial charge in [-0.2, -0.15) is 13.2 Å². The Labute approximate surface area is 145 Å². The number of carbonyl (C=O) groups excluding carboxylic acids is 2. The Bertz CT molecular complexity index is 747. The van der Waals surface area contributed by atoms with E-state index in [-0.39, 0.29) is 22.2 Å². The smallest absolute Gasteiger partial charge is 0.446 e. The van der Waals surface area contributed by atoms with E-state index in [1.54, 1.807) is 12.1 Å². The van der Waals surface area contributed by atoms with Gasteiger partial charge in [0.05, 0.1) is 7.11 Å². The Morgan fingerprint density at radius 3 is 1.72 bits per heavy atom. The summed E-state index contributed by atoms with van der Waals surface area (Å²) in [6, 6.07) is 11.1. The summed E-state index contributed by atoms with van der Waals surface area (Å²) in [5, 5.41) is 0. The molecule has 2 amide bonds. The number of nitrogens with one attached hydrogen (secondary N) is 2. The molecule has 0 aliphatic heterocycles. The molecule has 132 valence electrons. The monoisotopic (exact) mass is 370 g/mol. The quantitative estimate of drug-likeness (QED) is 0.640. The van der Waals surface area contributed by atoms with Crippen molar-refractivity contribution in [3.05, 3.63) is 59.7 Å². The lowest BCUT2D eigenvalue weighted by Crippen LogP contribution is -2.41. The molecule has 0 aliphatic carbocycles. The van der Waals surface area contributed by atoms with Crippen LogP contribution in [0.25, 0.3) is 0 Å². The number of ether oxygens (including phenoxy) is 1. The number of thioether (sulfide) groups is 1. The van der Waals surface area contributed by atoms with Crippen LogP contribution in [0.1, 0.15) is 20.7 Å². The third kappa shape index (κ3) is 5.71. The number of hydrogen-bond acceptors (Lipinski definition) is 4. The fourth-order valence-corrected chi connectivity index (χ4v) is 2.35. The van der Waals surface area contributed by atoms with Gasteiger partial charge in [-0.15, -0.1) is 0 Å². The van der Waals surface area contributed by atoms with Crippen molar-refractivity contribution >= 4 is 23.6 Å². The van der Waals surface area contributed by atoms with Gasteiger partial charge in [0, 0.05) is 16.0 Å². The van der Waals surface area contributed by atoms with Gasteiger partial charge in [0.25, 0.3) is 11.8 Å². The molecule has 0 saturated carbocycles. The number of halogens is 3. The SMILES string of the molecule is COc1ccc(C(=O)NNC(=O)c2ccc(SC(F)(F)F)cc2)cc1. The van der Waals surface area contributed by atoms with E-state index in [0.717, 1.165) is 0 Å². The first-order chi connectivity index (χ1) is 11.8. The van der Waals surface area contributed by atoms with Crippen LogP contribution in [0, 0.1) is 0 Å². The van der Waals surface area contributed by atoms with Gasteiger partial charge < -0.3 is 4.74 Å². The molecule has 0 atom stereocenters. The van der Waals surface area contributed by atoms with E-state index in [1.807, 2.05) is 0 Å². The molecular weight excluding hydrogens is 357 g/mol. The second kappa shape index (κ2) is 7.93. The van der Waals surface area contributed by atoms with Crippen LogP contribution in [-0.4, -0.2) is 24.4 Å². The first-order valence-corrected chi connectivity index (χ1v) is 7.71. The Hall–Kier alpha value is -2.68. The number of carbonyl (C=O) groups is 2. The molecule has 25 heavy (non-hydrogen) atoms. The van der Waals surface area contributed by atoms with Crippen molar-refractivity contribution in [3.63, 3.8) is 0 Å². The van der Waals surface area contributed by atoms with Gasteiger partial charge in [0.15, 0.2) is 0 Å². The van der Waals surface area contributed by atoms with Crippen molar-refractivity contribution < 1.29 is 27.5 Å². The molecule has 2 N–H and O–H groups in total. The van der Waals surface area contributed by atoms with E-state index in [2.05, 4.69) is 10.9 Å². The van der Waals surface area contributed by atoms with E-state index in [0.29, 0.717) is 11.3 Å². The van der Waals surface area contributed by atoms with Gasteiger partial charge >= 0.3 is 5.51 Å². The molecule has 0 bridgehead atoms. The first kappa shape index (κ1) is 18.7. The largest absolute Gasteiger partial charge is 0.497 e. The van der Waals surface area contributed by atoms with E-state index in [9.17, 15) is 22.8 Å². The average molecular weight is 370 g/mol. The number of methoxy groups -OCH3 is 1. The molecule has 0 heterocycles. The number of benzene rings is 2.